The molecule has 0 aliphatic heterocycles. The summed E-state index contributed by atoms with van der Waals surface area (Å²) >= 11 is 5.97. The van der Waals surface area contributed by atoms with Crippen molar-refractivity contribution in [2.75, 3.05) is 0 Å². The Bertz CT molecular complexity index is 565. The normalized spacial score (nSPS) is 13.5. The summed E-state index contributed by atoms with van der Waals surface area (Å²) in [5.74, 6) is 0. The van der Waals surface area contributed by atoms with Gasteiger partial charge in [0.2, 0.25) is 0 Å². The van der Waals surface area contributed by atoms with Crippen molar-refractivity contribution >= 4 is 11.6 Å². The number of nitrogens with zero attached hydrogens (tertiary/aromatic N) is 1. The molecule has 6 heteroatoms. The van der Waals surface area contributed by atoms with Crippen LogP contribution in [0.1, 0.15) is 17.2 Å². The smallest absolute Gasteiger partial charge is 0.379 e. The summed E-state index contributed by atoms with van der Waals surface area (Å²) in [6, 6.07) is 8.33. The fraction of sp³-hybridized carbons (Fsp3) is 0.231. The third-order valence-electron chi connectivity index (χ3n) is 2.71. The van der Waals surface area contributed by atoms with E-state index in [4.69, 9.17) is 16.7 Å². The topological polar surface area (TPSA) is 25.2 Å². The van der Waals surface area contributed by atoms with E-state index in [9.17, 15) is 13.2 Å². The van der Waals surface area contributed by atoms with Gasteiger partial charge in [0.05, 0.1) is 0 Å². The molecule has 2 nitrogen and oxygen atoms in total. The summed E-state index contributed by atoms with van der Waals surface area (Å²) in [5, 5.41) is 9.68. The van der Waals surface area contributed by atoms with E-state index in [2.05, 4.69) is 0 Å². The van der Waals surface area contributed by atoms with E-state index in [1.165, 1.54) is 18.5 Å². The van der Waals surface area contributed by atoms with E-state index >= 15 is 0 Å². The number of benzene rings is 1. The van der Waals surface area contributed by atoms with Crippen molar-refractivity contribution in [2.24, 2.45) is 0 Å². The average Bonchev–Trinajstić information content (AvgIpc) is 2.78. The van der Waals surface area contributed by atoms with Gasteiger partial charge in [0.25, 0.3) is 0 Å². The van der Waals surface area contributed by atoms with Gasteiger partial charge in [-0.15, -0.1) is 0 Å². The lowest BCUT2D eigenvalue weighted by Gasteiger charge is -2.12. The maximum Gasteiger partial charge on any atom is 0.418 e. The molecular weight excluding hydrogens is 279 g/mol. The second-order valence-corrected chi connectivity index (χ2v) is 4.56. The van der Waals surface area contributed by atoms with Crippen molar-refractivity contribution in [3.05, 3.63) is 58.9 Å². The molecule has 0 spiro atoms. The second kappa shape index (κ2) is 5.27. The summed E-state index contributed by atoms with van der Waals surface area (Å²) in [6.07, 6.45) is -4.37. The summed E-state index contributed by atoms with van der Waals surface area (Å²) in [7, 11) is 0. The minimum absolute atomic E-state index is 0.181. The van der Waals surface area contributed by atoms with Gasteiger partial charge in [-0.1, -0.05) is 29.8 Å². The molecule has 1 unspecified atom stereocenters. The highest BCUT2D eigenvalue weighted by atomic mass is 35.5. The molecule has 102 valence electrons. The van der Waals surface area contributed by atoms with Crippen molar-refractivity contribution in [2.45, 2.75) is 18.8 Å². The highest BCUT2D eigenvalue weighted by molar-refractivity contribution is 6.31. The molecule has 0 radical (unpaired) electrons. The first-order valence-electron chi connectivity index (χ1n) is 5.52. The number of hydrogen-bond donors (Lipinski definition) is 1. The second-order valence-electron chi connectivity index (χ2n) is 4.15. The largest absolute Gasteiger partial charge is 0.418 e. The Balaban J connectivity index is 2.16. The van der Waals surface area contributed by atoms with E-state index < -0.39 is 12.3 Å². The molecule has 0 fully saturated rings. The van der Waals surface area contributed by atoms with Crippen molar-refractivity contribution in [3.63, 3.8) is 0 Å². The minimum atomic E-state index is -4.66. The van der Waals surface area contributed by atoms with E-state index in [-0.39, 0.29) is 5.56 Å². The first kappa shape index (κ1) is 14.0. The number of aliphatic hydroxyl groups excluding tert-OH is 1. The molecule has 1 aromatic heterocycles. The van der Waals surface area contributed by atoms with Gasteiger partial charge in [-0.25, -0.2) is 0 Å². The van der Waals surface area contributed by atoms with Crippen LogP contribution >= 0.6 is 11.6 Å². The molecule has 19 heavy (non-hydrogen) atoms. The fourth-order valence-electron chi connectivity index (χ4n) is 1.73. The summed E-state index contributed by atoms with van der Waals surface area (Å²) < 4.78 is 38.6. The summed E-state index contributed by atoms with van der Waals surface area (Å²) in [5.41, 5.74) is 0.618. The van der Waals surface area contributed by atoms with Gasteiger partial charge in [0.15, 0.2) is 6.10 Å². The van der Waals surface area contributed by atoms with Crippen LogP contribution in [-0.4, -0.2) is 15.8 Å². The predicted molar refractivity (Wildman–Crippen MR) is 66.0 cm³/mol. The van der Waals surface area contributed by atoms with Gasteiger partial charge in [-0.2, -0.15) is 13.2 Å². The quantitative estimate of drug-likeness (QED) is 0.914. The standard InChI is InChI=1S/C13H11ClF3NO/c14-11-4-2-1-3-9(11)7-18-6-5-10(8-18)12(19)13(15,16)17/h1-6,8,12,19H,7H2. The lowest BCUT2D eigenvalue weighted by Crippen LogP contribution is -2.19. The van der Waals surface area contributed by atoms with Gasteiger partial charge in [0.1, 0.15) is 0 Å². The summed E-state index contributed by atoms with van der Waals surface area (Å²) in [6.45, 7) is 0.351. The van der Waals surface area contributed by atoms with Crippen LogP contribution in [0, 0.1) is 0 Å². The van der Waals surface area contributed by atoms with Crippen LogP contribution in [0.25, 0.3) is 0 Å². The molecule has 1 atom stereocenters. The molecule has 0 saturated carbocycles. The number of aromatic nitrogens is 1. The Hall–Kier alpha value is -1.46. The van der Waals surface area contributed by atoms with E-state index in [1.54, 1.807) is 28.8 Å². The van der Waals surface area contributed by atoms with Crippen LogP contribution in [0.5, 0.6) is 0 Å². The maximum absolute atomic E-state index is 12.4. The molecule has 0 aliphatic carbocycles. The van der Waals surface area contributed by atoms with E-state index in [1.807, 2.05) is 0 Å². The lowest BCUT2D eigenvalue weighted by molar-refractivity contribution is -0.206. The van der Waals surface area contributed by atoms with Gasteiger partial charge < -0.3 is 9.67 Å². The van der Waals surface area contributed by atoms with Crippen LogP contribution in [0.4, 0.5) is 13.2 Å². The third-order valence-corrected chi connectivity index (χ3v) is 3.08. The third kappa shape index (κ3) is 3.30. The number of hydrogen-bond acceptors (Lipinski definition) is 1. The molecule has 1 heterocycles. The number of aliphatic hydroxyl groups is 1. The zero-order chi connectivity index (χ0) is 14.0. The molecular formula is C13H11ClF3NO. The maximum atomic E-state index is 12.4. The molecule has 1 aromatic carbocycles. The van der Waals surface area contributed by atoms with Crippen molar-refractivity contribution in [1.82, 2.24) is 4.57 Å². The Morgan fingerprint density at radius 3 is 2.53 bits per heavy atom. The number of halogens is 4. The van der Waals surface area contributed by atoms with E-state index in [0.717, 1.165) is 5.56 Å². The van der Waals surface area contributed by atoms with Crippen molar-refractivity contribution in [1.29, 1.82) is 0 Å². The molecule has 0 bridgehead atoms. The molecule has 2 aromatic rings. The minimum Gasteiger partial charge on any atom is -0.379 e. The molecule has 0 aliphatic rings. The first-order chi connectivity index (χ1) is 8.88. The predicted octanol–water partition coefficient (Wildman–Crippen LogP) is 3.79. The van der Waals surface area contributed by atoms with Gasteiger partial charge in [0, 0.05) is 29.5 Å². The van der Waals surface area contributed by atoms with Crippen LogP contribution in [0.2, 0.25) is 5.02 Å². The SMILES string of the molecule is OC(c1ccn(Cc2ccccc2Cl)c1)C(F)(F)F. The molecule has 1 N–H and O–H groups in total. The van der Waals surface area contributed by atoms with Gasteiger partial charge >= 0.3 is 6.18 Å². The van der Waals surface area contributed by atoms with Crippen LogP contribution in [0.3, 0.4) is 0 Å². The Morgan fingerprint density at radius 1 is 1.21 bits per heavy atom. The monoisotopic (exact) mass is 289 g/mol. The zero-order valence-electron chi connectivity index (χ0n) is 9.73. The first-order valence-corrected chi connectivity index (χ1v) is 5.89. The zero-order valence-corrected chi connectivity index (χ0v) is 10.5. The Morgan fingerprint density at radius 2 is 1.89 bits per heavy atom. The number of rotatable bonds is 3. The highest BCUT2D eigenvalue weighted by Gasteiger charge is 2.39. The average molecular weight is 290 g/mol. The Labute approximate surface area is 113 Å². The molecule has 0 saturated heterocycles. The highest BCUT2D eigenvalue weighted by Crippen LogP contribution is 2.32. The van der Waals surface area contributed by atoms with Crippen LogP contribution in [0.15, 0.2) is 42.7 Å². The molecule has 2 rings (SSSR count). The van der Waals surface area contributed by atoms with E-state index in [0.29, 0.717) is 11.6 Å². The van der Waals surface area contributed by atoms with Gasteiger partial charge in [-0.3, -0.25) is 0 Å². The van der Waals surface area contributed by atoms with Crippen molar-refractivity contribution in [3.8, 4) is 0 Å². The van der Waals surface area contributed by atoms with Crippen LogP contribution < -0.4 is 0 Å². The van der Waals surface area contributed by atoms with Crippen LogP contribution in [-0.2, 0) is 6.54 Å². The van der Waals surface area contributed by atoms with Crippen molar-refractivity contribution < 1.29 is 18.3 Å². The fourth-order valence-corrected chi connectivity index (χ4v) is 1.93. The molecule has 0 amide bonds. The number of alkyl halides is 3. The van der Waals surface area contributed by atoms with Gasteiger partial charge in [-0.05, 0) is 17.7 Å². The summed E-state index contributed by atoms with van der Waals surface area (Å²) in [4.78, 5) is 0. The Kier molecular flexibility index (Phi) is 3.87. The lowest BCUT2D eigenvalue weighted by atomic mass is 10.2.